The van der Waals surface area contributed by atoms with Crippen LogP contribution in [0.3, 0.4) is 0 Å². The predicted octanol–water partition coefficient (Wildman–Crippen LogP) is 3.21. The maximum absolute atomic E-state index is 13.0. The van der Waals surface area contributed by atoms with E-state index in [1.807, 2.05) is 6.07 Å². The zero-order chi connectivity index (χ0) is 14.9. The van der Waals surface area contributed by atoms with Crippen LogP contribution in [0.25, 0.3) is 0 Å². The first-order valence-electron chi connectivity index (χ1n) is 8.82. The van der Waals surface area contributed by atoms with Gasteiger partial charge in [0, 0.05) is 30.7 Å². The largest absolute Gasteiger partial charge is 0.381 e. The molecule has 1 aromatic rings. The molecule has 1 saturated carbocycles. The first-order chi connectivity index (χ1) is 10.8. The number of aryl methyl sites for hydroxylation is 2. The molecule has 2 aliphatic carbocycles. The number of ether oxygens (including phenoxy) is 1. The zero-order valence-electron chi connectivity index (χ0n) is 13.2. The van der Waals surface area contributed by atoms with Gasteiger partial charge < -0.3 is 9.64 Å². The van der Waals surface area contributed by atoms with Crippen LogP contribution in [0.15, 0.2) is 18.2 Å². The highest BCUT2D eigenvalue weighted by Gasteiger charge is 2.35. The second-order valence-corrected chi connectivity index (χ2v) is 7.11. The van der Waals surface area contributed by atoms with Crippen molar-refractivity contribution in [1.29, 1.82) is 0 Å². The summed E-state index contributed by atoms with van der Waals surface area (Å²) in [5.74, 6) is 0.768. The number of hydrogen-bond donors (Lipinski definition) is 0. The normalized spacial score (nSPS) is 24.1. The van der Waals surface area contributed by atoms with Crippen molar-refractivity contribution in [3.8, 4) is 0 Å². The number of carbonyl (C=O) groups is 1. The van der Waals surface area contributed by atoms with E-state index in [-0.39, 0.29) is 5.91 Å². The Bertz CT molecular complexity index is 559. The molecule has 0 aromatic heterocycles. The van der Waals surface area contributed by atoms with Crippen molar-refractivity contribution in [2.24, 2.45) is 5.92 Å². The molecule has 1 heterocycles. The molecule has 118 valence electrons. The number of hydrogen-bond acceptors (Lipinski definition) is 2. The van der Waals surface area contributed by atoms with Crippen LogP contribution in [0.1, 0.15) is 53.6 Å². The van der Waals surface area contributed by atoms with Gasteiger partial charge in [0.25, 0.3) is 5.91 Å². The van der Waals surface area contributed by atoms with E-state index < -0.39 is 0 Å². The molecule has 1 aromatic carbocycles. The molecule has 3 heteroatoms. The summed E-state index contributed by atoms with van der Waals surface area (Å²) < 4.78 is 5.48. The first kappa shape index (κ1) is 14.3. The van der Waals surface area contributed by atoms with Crippen LogP contribution in [0.2, 0.25) is 0 Å². The number of fused-ring (bicyclic) bond motifs is 1. The minimum atomic E-state index is 0.239. The lowest BCUT2D eigenvalue weighted by atomic mass is 9.90. The Labute approximate surface area is 132 Å². The summed E-state index contributed by atoms with van der Waals surface area (Å²) in [7, 11) is 0. The molecule has 3 aliphatic rings. The highest BCUT2D eigenvalue weighted by molar-refractivity contribution is 5.95. The molecule has 0 spiro atoms. The van der Waals surface area contributed by atoms with Crippen LogP contribution in [0.4, 0.5) is 0 Å². The van der Waals surface area contributed by atoms with Crippen molar-refractivity contribution in [2.45, 2.75) is 51.0 Å². The molecular weight excluding hydrogens is 274 g/mol. The average Bonchev–Trinajstić information content (AvgIpc) is 3.27. The molecule has 0 radical (unpaired) electrons. The number of rotatable bonds is 4. The van der Waals surface area contributed by atoms with E-state index in [4.69, 9.17) is 4.74 Å². The van der Waals surface area contributed by atoms with E-state index in [9.17, 15) is 4.79 Å². The van der Waals surface area contributed by atoms with Crippen LogP contribution in [0.5, 0.6) is 0 Å². The Hall–Kier alpha value is -1.35. The Kier molecular flexibility index (Phi) is 3.91. The predicted molar refractivity (Wildman–Crippen MR) is 86.1 cm³/mol. The number of benzene rings is 1. The number of nitrogens with zero attached hydrogens (tertiary/aromatic N) is 1. The fraction of sp³-hybridized carbons (Fsp3) is 0.632. The van der Waals surface area contributed by atoms with Gasteiger partial charge in [0.2, 0.25) is 0 Å². The van der Waals surface area contributed by atoms with Crippen LogP contribution in [-0.2, 0) is 17.6 Å². The molecular formula is C19H25NO2. The van der Waals surface area contributed by atoms with Crippen molar-refractivity contribution < 1.29 is 9.53 Å². The minimum absolute atomic E-state index is 0.239. The molecule has 0 N–H and O–H groups in total. The van der Waals surface area contributed by atoms with E-state index in [1.165, 1.54) is 43.2 Å². The minimum Gasteiger partial charge on any atom is -0.381 e. The summed E-state index contributed by atoms with van der Waals surface area (Å²) in [5.41, 5.74) is 3.74. The van der Waals surface area contributed by atoms with E-state index in [0.717, 1.165) is 38.2 Å². The van der Waals surface area contributed by atoms with E-state index in [0.29, 0.717) is 12.0 Å². The van der Waals surface area contributed by atoms with Gasteiger partial charge in [-0.2, -0.15) is 0 Å². The SMILES string of the molecule is O=C(c1ccc2c(c1)CCCC2)N(C[C@H]1CCOC1)C1CC1. The quantitative estimate of drug-likeness (QED) is 0.854. The summed E-state index contributed by atoms with van der Waals surface area (Å²) >= 11 is 0. The highest BCUT2D eigenvalue weighted by atomic mass is 16.5. The van der Waals surface area contributed by atoms with Gasteiger partial charge in [0.15, 0.2) is 0 Å². The van der Waals surface area contributed by atoms with Crippen LogP contribution >= 0.6 is 0 Å². The smallest absolute Gasteiger partial charge is 0.254 e. The van der Waals surface area contributed by atoms with Crippen molar-refractivity contribution in [1.82, 2.24) is 4.90 Å². The van der Waals surface area contributed by atoms with Gasteiger partial charge in [0.1, 0.15) is 0 Å². The molecule has 0 unspecified atom stereocenters. The number of amides is 1. The van der Waals surface area contributed by atoms with Gasteiger partial charge >= 0.3 is 0 Å². The molecule has 4 rings (SSSR count). The molecule has 2 fully saturated rings. The molecule has 1 saturated heterocycles. The average molecular weight is 299 g/mol. The van der Waals surface area contributed by atoms with Crippen LogP contribution < -0.4 is 0 Å². The second-order valence-electron chi connectivity index (χ2n) is 7.11. The molecule has 22 heavy (non-hydrogen) atoms. The summed E-state index contributed by atoms with van der Waals surface area (Å²) in [6, 6.07) is 6.87. The summed E-state index contributed by atoms with van der Waals surface area (Å²) in [4.78, 5) is 15.1. The van der Waals surface area contributed by atoms with Gasteiger partial charge in [-0.3, -0.25) is 4.79 Å². The molecule has 1 amide bonds. The van der Waals surface area contributed by atoms with Crippen LogP contribution in [0, 0.1) is 5.92 Å². The van der Waals surface area contributed by atoms with Gasteiger partial charge in [-0.05, 0) is 68.2 Å². The first-order valence-corrected chi connectivity index (χ1v) is 8.82. The maximum Gasteiger partial charge on any atom is 0.254 e. The Morgan fingerprint density at radius 2 is 1.95 bits per heavy atom. The maximum atomic E-state index is 13.0. The molecule has 1 aliphatic heterocycles. The van der Waals surface area contributed by atoms with Gasteiger partial charge in [-0.25, -0.2) is 0 Å². The Morgan fingerprint density at radius 3 is 2.68 bits per heavy atom. The van der Waals surface area contributed by atoms with Gasteiger partial charge in [0.05, 0.1) is 6.61 Å². The standard InChI is InChI=1S/C19H25NO2/c21-19(17-6-5-15-3-1-2-4-16(15)11-17)20(18-7-8-18)12-14-9-10-22-13-14/h5-6,11,14,18H,1-4,7-10,12-13H2/t14-/m1/s1. The Balaban J connectivity index is 1.53. The molecule has 1 atom stereocenters. The van der Waals surface area contributed by atoms with Crippen LogP contribution in [-0.4, -0.2) is 36.6 Å². The fourth-order valence-electron chi connectivity index (χ4n) is 3.82. The van der Waals surface area contributed by atoms with E-state index >= 15 is 0 Å². The van der Waals surface area contributed by atoms with Gasteiger partial charge in [-0.15, -0.1) is 0 Å². The van der Waals surface area contributed by atoms with Crippen molar-refractivity contribution in [3.63, 3.8) is 0 Å². The van der Waals surface area contributed by atoms with E-state index in [2.05, 4.69) is 17.0 Å². The Morgan fingerprint density at radius 1 is 1.14 bits per heavy atom. The third-order valence-electron chi connectivity index (χ3n) is 5.32. The fourth-order valence-corrected chi connectivity index (χ4v) is 3.82. The van der Waals surface area contributed by atoms with Crippen molar-refractivity contribution in [2.75, 3.05) is 19.8 Å². The number of carbonyl (C=O) groups excluding carboxylic acids is 1. The van der Waals surface area contributed by atoms with Gasteiger partial charge in [-0.1, -0.05) is 6.07 Å². The zero-order valence-corrected chi connectivity index (χ0v) is 13.2. The second kappa shape index (κ2) is 6.04. The lowest BCUT2D eigenvalue weighted by Gasteiger charge is -2.26. The summed E-state index contributed by atoms with van der Waals surface area (Å²) in [6.07, 6.45) is 8.30. The third-order valence-corrected chi connectivity index (χ3v) is 5.32. The lowest BCUT2D eigenvalue weighted by Crippen LogP contribution is -2.37. The van der Waals surface area contributed by atoms with E-state index in [1.54, 1.807) is 0 Å². The monoisotopic (exact) mass is 299 g/mol. The van der Waals surface area contributed by atoms with Crippen molar-refractivity contribution in [3.05, 3.63) is 34.9 Å². The lowest BCUT2D eigenvalue weighted by molar-refractivity contribution is 0.0706. The highest BCUT2D eigenvalue weighted by Crippen LogP contribution is 2.31. The van der Waals surface area contributed by atoms with Crippen molar-refractivity contribution >= 4 is 5.91 Å². The molecule has 0 bridgehead atoms. The third kappa shape index (κ3) is 2.91. The summed E-state index contributed by atoms with van der Waals surface area (Å²) in [5, 5.41) is 0. The topological polar surface area (TPSA) is 29.5 Å². The molecule has 3 nitrogen and oxygen atoms in total. The summed E-state index contributed by atoms with van der Waals surface area (Å²) in [6.45, 7) is 2.55.